The van der Waals surface area contributed by atoms with Crippen molar-refractivity contribution < 1.29 is 9.53 Å². The number of Topliss-reactive ketones (excluding diaryl/α,β-unsaturated/α-hetero) is 1. The van der Waals surface area contributed by atoms with Crippen molar-refractivity contribution in [3.05, 3.63) is 24.0 Å². The highest BCUT2D eigenvalue weighted by atomic mass is 16.5. The van der Waals surface area contributed by atoms with Gasteiger partial charge in [-0.3, -0.25) is 9.78 Å². The normalized spacial score (nSPS) is 12.4. The molecule has 1 atom stereocenters. The van der Waals surface area contributed by atoms with Crippen LogP contribution in [-0.2, 0) is 16.0 Å². The second kappa shape index (κ2) is 6.23. The molecule has 0 aliphatic carbocycles. The Morgan fingerprint density at radius 2 is 2.38 bits per heavy atom. The molecule has 4 nitrogen and oxygen atoms in total. The lowest BCUT2D eigenvalue weighted by atomic mass is 10.0. The Morgan fingerprint density at radius 1 is 1.62 bits per heavy atom. The minimum absolute atomic E-state index is 0.0593. The van der Waals surface area contributed by atoms with Crippen LogP contribution in [0.5, 0.6) is 0 Å². The first-order valence-electron chi connectivity index (χ1n) is 5.42. The molecule has 1 unspecified atom stereocenters. The van der Waals surface area contributed by atoms with Gasteiger partial charge in [-0.05, 0) is 12.5 Å². The van der Waals surface area contributed by atoms with Crippen LogP contribution < -0.4 is 5.73 Å². The van der Waals surface area contributed by atoms with Crippen LogP contribution in [0.2, 0.25) is 0 Å². The Balaban J connectivity index is 2.66. The maximum absolute atomic E-state index is 11.9. The molecule has 0 aliphatic rings. The molecule has 0 aromatic carbocycles. The lowest BCUT2D eigenvalue weighted by Gasteiger charge is -2.13. The number of rotatable bonds is 6. The average molecular weight is 222 g/mol. The van der Waals surface area contributed by atoms with Crippen LogP contribution >= 0.6 is 0 Å². The molecule has 2 N–H and O–H groups in total. The second-order valence-electron chi connectivity index (χ2n) is 3.73. The third-order valence-electron chi connectivity index (χ3n) is 2.50. The SMILES string of the molecule is CCCC(OC)C(=O)Cc1cnccc1N. The van der Waals surface area contributed by atoms with Gasteiger partial charge in [0.2, 0.25) is 0 Å². The van der Waals surface area contributed by atoms with Crippen LogP contribution in [0.3, 0.4) is 0 Å². The number of aromatic nitrogens is 1. The molecule has 1 heterocycles. The van der Waals surface area contributed by atoms with Crippen molar-refractivity contribution in [1.29, 1.82) is 0 Å². The van der Waals surface area contributed by atoms with Gasteiger partial charge in [-0.1, -0.05) is 13.3 Å². The zero-order valence-corrected chi connectivity index (χ0v) is 9.77. The standard InChI is InChI=1S/C12H18N2O2/c1-3-4-12(16-2)11(15)7-9-8-14-6-5-10(9)13/h5-6,8,12H,3-4,7H2,1-2H3,(H2,13,14). The number of anilines is 1. The number of carbonyl (C=O) groups excluding carboxylic acids is 1. The summed E-state index contributed by atoms with van der Waals surface area (Å²) in [5.74, 6) is 0.0593. The van der Waals surface area contributed by atoms with Gasteiger partial charge in [-0.2, -0.15) is 0 Å². The van der Waals surface area contributed by atoms with Crippen LogP contribution in [-0.4, -0.2) is 24.0 Å². The lowest BCUT2D eigenvalue weighted by molar-refractivity contribution is -0.128. The number of ether oxygens (including phenoxy) is 1. The largest absolute Gasteiger partial charge is 0.398 e. The zero-order valence-electron chi connectivity index (χ0n) is 9.77. The Labute approximate surface area is 95.8 Å². The van der Waals surface area contributed by atoms with Gasteiger partial charge < -0.3 is 10.5 Å². The van der Waals surface area contributed by atoms with E-state index < -0.39 is 0 Å². The fourth-order valence-electron chi connectivity index (χ4n) is 1.56. The summed E-state index contributed by atoms with van der Waals surface area (Å²) in [7, 11) is 1.56. The monoisotopic (exact) mass is 222 g/mol. The Bertz CT molecular complexity index is 353. The summed E-state index contributed by atoms with van der Waals surface area (Å²) in [5.41, 5.74) is 7.13. The number of hydrogen-bond acceptors (Lipinski definition) is 4. The number of nitrogen functional groups attached to an aromatic ring is 1. The van der Waals surface area contributed by atoms with Gasteiger partial charge in [0.05, 0.1) is 0 Å². The molecule has 0 bridgehead atoms. The molecule has 0 saturated carbocycles. The summed E-state index contributed by atoms with van der Waals surface area (Å²) in [4.78, 5) is 15.8. The van der Waals surface area contributed by atoms with Crippen LogP contribution in [0.1, 0.15) is 25.3 Å². The molecule has 0 aliphatic heterocycles. The molecule has 0 spiro atoms. The molecular formula is C12H18N2O2. The van der Waals surface area contributed by atoms with Crippen molar-refractivity contribution in [1.82, 2.24) is 4.98 Å². The Hall–Kier alpha value is -1.42. The van der Waals surface area contributed by atoms with Gasteiger partial charge in [0.25, 0.3) is 0 Å². The van der Waals surface area contributed by atoms with Crippen molar-refractivity contribution in [2.45, 2.75) is 32.3 Å². The number of methoxy groups -OCH3 is 1. The highest BCUT2D eigenvalue weighted by Crippen LogP contribution is 2.13. The molecule has 4 heteroatoms. The van der Waals surface area contributed by atoms with Gasteiger partial charge >= 0.3 is 0 Å². The summed E-state index contributed by atoms with van der Waals surface area (Å²) >= 11 is 0. The Morgan fingerprint density at radius 3 is 2.94 bits per heavy atom. The van der Waals surface area contributed by atoms with Gasteiger partial charge in [0.15, 0.2) is 5.78 Å². The van der Waals surface area contributed by atoms with Crippen molar-refractivity contribution in [3.63, 3.8) is 0 Å². The van der Waals surface area contributed by atoms with Crippen LogP contribution in [0, 0.1) is 0 Å². The third-order valence-corrected chi connectivity index (χ3v) is 2.50. The number of nitrogens with zero attached hydrogens (tertiary/aromatic N) is 1. The molecule has 1 aromatic heterocycles. The first kappa shape index (κ1) is 12.6. The molecule has 88 valence electrons. The lowest BCUT2D eigenvalue weighted by Crippen LogP contribution is -2.24. The molecular weight excluding hydrogens is 204 g/mol. The highest BCUT2D eigenvalue weighted by Gasteiger charge is 2.17. The number of carbonyl (C=O) groups is 1. The van der Waals surface area contributed by atoms with Crippen molar-refractivity contribution in [2.24, 2.45) is 0 Å². The maximum Gasteiger partial charge on any atom is 0.166 e. The fraction of sp³-hybridized carbons (Fsp3) is 0.500. The predicted molar refractivity (Wildman–Crippen MR) is 63.1 cm³/mol. The van der Waals surface area contributed by atoms with E-state index in [9.17, 15) is 4.79 Å². The number of hydrogen-bond donors (Lipinski definition) is 1. The Kier molecular flexibility index (Phi) is 4.92. The third kappa shape index (κ3) is 3.31. The van der Waals surface area contributed by atoms with Crippen molar-refractivity contribution in [2.75, 3.05) is 12.8 Å². The second-order valence-corrected chi connectivity index (χ2v) is 3.73. The number of pyridine rings is 1. The van der Waals surface area contributed by atoms with Gasteiger partial charge in [0, 0.05) is 37.2 Å². The van der Waals surface area contributed by atoms with Crippen LogP contribution in [0.15, 0.2) is 18.5 Å². The molecule has 0 radical (unpaired) electrons. The van der Waals surface area contributed by atoms with E-state index >= 15 is 0 Å². The molecule has 16 heavy (non-hydrogen) atoms. The van der Waals surface area contributed by atoms with Gasteiger partial charge in [-0.15, -0.1) is 0 Å². The van der Waals surface area contributed by atoms with Crippen LogP contribution in [0.4, 0.5) is 5.69 Å². The van der Waals surface area contributed by atoms with Crippen molar-refractivity contribution >= 4 is 11.5 Å². The molecule has 1 aromatic rings. The van der Waals surface area contributed by atoms with Gasteiger partial charge in [-0.25, -0.2) is 0 Å². The molecule has 0 fully saturated rings. The van der Waals surface area contributed by atoms with E-state index in [0.717, 1.165) is 18.4 Å². The van der Waals surface area contributed by atoms with E-state index in [4.69, 9.17) is 10.5 Å². The molecule has 0 saturated heterocycles. The minimum Gasteiger partial charge on any atom is -0.398 e. The first-order chi connectivity index (χ1) is 7.69. The van der Waals surface area contributed by atoms with E-state index in [1.165, 1.54) is 0 Å². The summed E-state index contributed by atoms with van der Waals surface area (Å²) in [6.07, 6.45) is 4.87. The van der Waals surface area contributed by atoms with E-state index in [0.29, 0.717) is 5.69 Å². The zero-order chi connectivity index (χ0) is 12.0. The number of nitrogens with two attached hydrogens (primary N) is 1. The molecule has 1 rings (SSSR count). The van der Waals surface area contributed by atoms with Crippen molar-refractivity contribution in [3.8, 4) is 0 Å². The summed E-state index contributed by atoms with van der Waals surface area (Å²) in [5, 5.41) is 0. The quantitative estimate of drug-likeness (QED) is 0.793. The smallest absolute Gasteiger partial charge is 0.166 e. The highest BCUT2D eigenvalue weighted by molar-refractivity contribution is 5.86. The average Bonchev–Trinajstić information content (AvgIpc) is 2.29. The van der Waals surface area contributed by atoms with E-state index in [1.54, 1.807) is 25.6 Å². The van der Waals surface area contributed by atoms with E-state index in [2.05, 4.69) is 4.98 Å². The molecule has 0 amide bonds. The number of ketones is 1. The topological polar surface area (TPSA) is 65.2 Å². The van der Waals surface area contributed by atoms with E-state index in [-0.39, 0.29) is 18.3 Å². The fourth-order valence-corrected chi connectivity index (χ4v) is 1.56. The maximum atomic E-state index is 11.9. The summed E-state index contributed by atoms with van der Waals surface area (Å²) in [6, 6.07) is 1.70. The van der Waals surface area contributed by atoms with E-state index in [1.807, 2.05) is 6.92 Å². The first-order valence-corrected chi connectivity index (χ1v) is 5.42. The summed E-state index contributed by atoms with van der Waals surface area (Å²) < 4.78 is 5.15. The van der Waals surface area contributed by atoms with Gasteiger partial charge in [0.1, 0.15) is 6.10 Å². The minimum atomic E-state index is -0.329. The van der Waals surface area contributed by atoms with Crippen LogP contribution in [0.25, 0.3) is 0 Å². The summed E-state index contributed by atoms with van der Waals surface area (Å²) in [6.45, 7) is 2.03. The predicted octanol–water partition coefficient (Wildman–Crippen LogP) is 1.59.